The Morgan fingerprint density at radius 3 is 2.83 bits per heavy atom. The molecule has 92 valence electrons. The van der Waals surface area contributed by atoms with E-state index in [1.807, 2.05) is 0 Å². The second kappa shape index (κ2) is 5.14. The Kier molecular flexibility index (Phi) is 3.57. The minimum absolute atomic E-state index is 0.188. The van der Waals surface area contributed by atoms with Crippen LogP contribution in [0.15, 0.2) is 41.0 Å². The van der Waals surface area contributed by atoms with Crippen LogP contribution in [0.3, 0.4) is 0 Å². The van der Waals surface area contributed by atoms with Gasteiger partial charge in [0.15, 0.2) is 5.75 Å². The Morgan fingerprint density at radius 1 is 1.39 bits per heavy atom. The van der Waals surface area contributed by atoms with E-state index in [4.69, 9.17) is 15.9 Å². The van der Waals surface area contributed by atoms with Gasteiger partial charge in [-0.15, -0.1) is 0 Å². The molecule has 0 spiro atoms. The van der Waals surface area contributed by atoms with Gasteiger partial charge in [-0.2, -0.15) is 0 Å². The number of nitrogen functional groups attached to an aromatic ring is 1. The van der Waals surface area contributed by atoms with Crippen molar-refractivity contribution in [1.29, 1.82) is 5.41 Å². The summed E-state index contributed by atoms with van der Waals surface area (Å²) < 4.78 is 18.9. The quantitative estimate of drug-likeness (QED) is 0.676. The molecule has 1 aromatic carbocycles. The molecular weight excluding hydrogens is 301 g/mol. The number of aromatic nitrogens is 1. The zero-order chi connectivity index (χ0) is 13.1. The van der Waals surface area contributed by atoms with Crippen molar-refractivity contribution in [2.75, 3.05) is 0 Å². The number of pyridine rings is 1. The maximum absolute atomic E-state index is 13.1. The molecule has 0 fully saturated rings. The molecule has 6 heteroatoms. The van der Waals surface area contributed by atoms with Gasteiger partial charge in [-0.25, -0.2) is 9.37 Å². The van der Waals surface area contributed by atoms with E-state index in [1.165, 1.54) is 24.4 Å². The van der Waals surface area contributed by atoms with Crippen LogP contribution in [0.2, 0.25) is 0 Å². The zero-order valence-electron chi connectivity index (χ0n) is 9.15. The molecule has 0 bridgehead atoms. The lowest BCUT2D eigenvalue weighted by Gasteiger charge is -2.09. The number of hydrogen-bond donors (Lipinski definition) is 2. The van der Waals surface area contributed by atoms with Crippen LogP contribution in [0, 0.1) is 11.2 Å². The first-order valence-corrected chi connectivity index (χ1v) is 5.79. The van der Waals surface area contributed by atoms with Gasteiger partial charge in [0.25, 0.3) is 0 Å². The van der Waals surface area contributed by atoms with Crippen molar-refractivity contribution in [2.24, 2.45) is 5.73 Å². The molecule has 0 aliphatic rings. The largest absolute Gasteiger partial charge is 0.455 e. The monoisotopic (exact) mass is 309 g/mol. The van der Waals surface area contributed by atoms with E-state index in [-0.39, 0.29) is 17.3 Å². The fourth-order valence-electron chi connectivity index (χ4n) is 1.34. The van der Waals surface area contributed by atoms with Crippen LogP contribution in [0.25, 0.3) is 0 Å². The number of amidine groups is 1. The molecule has 1 aromatic heterocycles. The molecule has 3 N–H and O–H groups in total. The number of rotatable bonds is 3. The van der Waals surface area contributed by atoms with Crippen LogP contribution in [0.4, 0.5) is 4.39 Å². The fraction of sp³-hybridized carbons (Fsp3) is 0. The summed E-state index contributed by atoms with van der Waals surface area (Å²) in [6.07, 6.45) is 1.52. The molecule has 18 heavy (non-hydrogen) atoms. The van der Waals surface area contributed by atoms with Crippen molar-refractivity contribution in [3.05, 3.63) is 52.5 Å². The van der Waals surface area contributed by atoms with Gasteiger partial charge in [-0.1, -0.05) is 0 Å². The third-order valence-electron chi connectivity index (χ3n) is 2.14. The molecule has 0 atom stereocenters. The van der Waals surface area contributed by atoms with E-state index in [2.05, 4.69) is 20.9 Å². The smallest absolute Gasteiger partial charge is 0.156 e. The van der Waals surface area contributed by atoms with Crippen LogP contribution in [-0.4, -0.2) is 10.8 Å². The van der Waals surface area contributed by atoms with Crippen molar-refractivity contribution in [3.8, 4) is 11.5 Å². The third-order valence-corrected chi connectivity index (χ3v) is 2.75. The molecule has 0 aliphatic heterocycles. The van der Waals surface area contributed by atoms with E-state index in [9.17, 15) is 4.39 Å². The SMILES string of the molecule is N=C(N)c1ncccc1Oc1ccc(F)c(Br)c1. The van der Waals surface area contributed by atoms with Gasteiger partial charge in [0.1, 0.15) is 23.1 Å². The Labute approximate surface area is 111 Å². The zero-order valence-corrected chi connectivity index (χ0v) is 10.7. The summed E-state index contributed by atoms with van der Waals surface area (Å²) in [5, 5.41) is 7.38. The Hall–Kier alpha value is -1.95. The molecule has 0 radical (unpaired) electrons. The molecule has 0 saturated carbocycles. The highest BCUT2D eigenvalue weighted by Crippen LogP contribution is 2.27. The summed E-state index contributed by atoms with van der Waals surface area (Å²) in [6, 6.07) is 7.56. The predicted molar refractivity (Wildman–Crippen MR) is 69.4 cm³/mol. The second-order valence-electron chi connectivity index (χ2n) is 3.44. The van der Waals surface area contributed by atoms with Gasteiger partial charge >= 0.3 is 0 Å². The highest BCUT2D eigenvalue weighted by atomic mass is 79.9. The first-order chi connectivity index (χ1) is 8.58. The maximum atomic E-state index is 13.1. The number of hydrogen-bond acceptors (Lipinski definition) is 3. The van der Waals surface area contributed by atoms with Crippen LogP contribution in [0.5, 0.6) is 11.5 Å². The molecule has 0 unspecified atom stereocenters. The average Bonchev–Trinajstić information content (AvgIpc) is 2.34. The van der Waals surface area contributed by atoms with Gasteiger partial charge < -0.3 is 10.5 Å². The molecule has 4 nitrogen and oxygen atoms in total. The fourth-order valence-corrected chi connectivity index (χ4v) is 1.70. The molecular formula is C12H9BrFN3O. The van der Waals surface area contributed by atoms with Gasteiger partial charge in [0.05, 0.1) is 4.47 Å². The number of nitrogens with two attached hydrogens (primary N) is 1. The van der Waals surface area contributed by atoms with E-state index in [0.29, 0.717) is 16.0 Å². The highest BCUT2D eigenvalue weighted by molar-refractivity contribution is 9.10. The van der Waals surface area contributed by atoms with E-state index >= 15 is 0 Å². The Morgan fingerprint density at radius 2 is 2.17 bits per heavy atom. The van der Waals surface area contributed by atoms with Gasteiger partial charge in [-0.3, -0.25) is 5.41 Å². The molecule has 0 saturated heterocycles. The Balaban J connectivity index is 2.34. The minimum atomic E-state index is -0.375. The number of ether oxygens (including phenoxy) is 1. The van der Waals surface area contributed by atoms with E-state index in [0.717, 1.165) is 0 Å². The minimum Gasteiger partial charge on any atom is -0.455 e. The summed E-state index contributed by atoms with van der Waals surface area (Å²) in [5.41, 5.74) is 5.64. The first-order valence-electron chi connectivity index (χ1n) is 5.00. The van der Waals surface area contributed by atoms with Crippen LogP contribution < -0.4 is 10.5 Å². The Bertz CT molecular complexity index is 604. The average molecular weight is 310 g/mol. The third kappa shape index (κ3) is 2.65. The lowest BCUT2D eigenvalue weighted by molar-refractivity contribution is 0.476. The molecule has 0 amide bonds. The van der Waals surface area contributed by atoms with Gasteiger partial charge in [-0.05, 0) is 46.3 Å². The van der Waals surface area contributed by atoms with Gasteiger partial charge in [0.2, 0.25) is 0 Å². The van der Waals surface area contributed by atoms with Crippen molar-refractivity contribution in [1.82, 2.24) is 4.98 Å². The summed E-state index contributed by atoms with van der Waals surface area (Å²) in [4.78, 5) is 3.95. The van der Waals surface area contributed by atoms with Crippen molar-refractivity contribution >= 4 is 21.8 Å². The second-order valence-corrected chi connectivity index (χ2v) is 4.30. The summed E-state index contributed by atoms with van der Waals surface area (Å²) in [6.45, 7) is 0. The van der Waals surface area contributed by atoms with Crippen molar-refractivity contribution < 1.29 is 9.13 Å². The maximum Gasteiger partial charge on any atom is 0.156 e. The lowest BCUT2D eigenvalue weighted by Crippen LogP contribution is -2.14. The summed E-state index contributed by atoms with van der Waals surface area (Å²) >= 11 is 3.07. The van der Waals surface area contributed by atoms with E-state index < -0.39 is 0 Å². The topological polar surface area (TPSA) is 72.0 Å². The predicted octanol–water partition coefficient (Wildman–Crippen LogP) is 3.06. The van der Waals surface area contributed by atoms with Crippen molar-refractivity contribution in [3.63, 3.8) is 0 Å². The van der Waals surface area contributed by atoms with Crippen LogP contribution in [-0.2, 0) is 0 Å². The molecule has 2 rings (SSSR count). The molecule has 0 aliphatic carbocycles. The van der Waals surface area contributed by atoms with Crippen molar-refractivity contribution in [2.45, 2.75) is 0 Å². The lowest BCUT2D eigenvalue weighted by atomic mass is 10.3. The normalized spacial score (nSPS) is 10.1. The van der Waals surface area contributed by atoms with Crippen LogP contribution in [0.1, 0.15) is 5.69 Å². The summed E-state index contributed by atoms with van der Waals surface area (Å²) in [5.74, 6) is 0.217. The number of nitrogens with zero attached hydrogens (tertiary/aromatic N) is 1. The highest BCUT2D eigenvalue weighted by Gasteiger charge is 2.09. The number of benzene rings is 1. The first kappa shape index (κ1) is 12.5. The van der Waals surface area contributed by atoms with E-state index in [1.54, 1.807) is 12.1 Å². The van der Waals surface area contributed by atoms with Gasteiger partial charge in [0, 0.05) is 6.20 Å². The van der Waals surface area contributed by atoms with Crippen LogP contribution >= 0.6 is 15.9 Å². The summed E-state index contributed by atoms with van der Waals surface area (Å²) in [7, 11) is 0. The molecule has 2 aromatic rings. The number of halogens is 2. The standard InChI is InChI=1S/C12H9BrFN3O/c13-8-6-7(3-4-9(8)14)18-10-2-1-5-17-11(10)12(15)16/h1-6H,(H3,15,16). The number of nitrogens with one attached hydrogen (secondary N) is 1. The molecule has 1 heterocycles.